The number of fused-ring (bicyclic) bond motifs is 1. The van der Waals surface area contributed by atoms with Gasteiger partial charge in [-0.2, -0.15) is 9.78 Å². The van der Waals surface area contributed by atoms with Gasteiger partial charge in [0.2, 0.25) is 0 Å². The molecule has 0 aliphatic carbocycles. The van der Waals surface area contributed by atoms with Crippen LogP contribution in [-0.4, -0.2) is 28.4 Å². The highest BCUT2D eigenvalue weighted by Crippen LogP contribution is 2.34. The maximum Gasteiger partial charge on any atom is 0.282 e. The van der Waals surface area contributed by atoms with Crippen LogP contribution in [0.25, 0.3) is 10.9 Å². The smallest absolute Gasteiger partial charge is 0.282 e. The van der Waals surface area contributed by atoms with Gasteiger partial charge in [-0.05, 0) is 92.0 Å². The molecule has 1 amide bonds. The van der Waals surface area contributed by atoms with Crippen LogP contribution >= 0.6 is 59.4 Å². The summed E-state index contributed by atoms with van der Waals surface area (Å²) in [6.07, 6.45) is 1.57. The molecule has 0 aliphatic rings. The SMILES string of the molecule is CC(C)c1nc2ccc(Br)cc2c(=O)n1N=Cc1cc(Br)c(OCC(=O)Nc2ccc(Cl)cc2)c(Br)c1. The Morgan fingerprint density at radius 3 is 2.43 bits per heavy atom. The topological polar surface area (TPSA) is 85.6 Å². The van der Waals surface area contributed by atoms with Crippen molar-refractivity contribution in [2.75, 3.05) is 11.9 Å². The number of ether oxygens (including phenoxy) is 1. The Labute approximate surface area is 243 Å². The first-order valence-electron chi connectivity index (χ1n) is 11.1. The van der Waals surface area contributed by atoms with Gasteiger partial charge in [-0.1, -0.05) is 41.4 Å². The normalized spacial score (nSPS) is 11.4. The van der Waals surface area contributed by atoms with Gasteiger partial charge < -0.3 is 10.1 Å². The second kappa shape index (κ2) is 11.9. The molecule has 1 heterocycles. The van der Waals surface area contributed by atoms with Gasteiger partial charge in [-0.3, -0.25) is 9.59 Å². The molecule has 0 atom stereocenters. The van der Waals surface area contributed by atoms with Crippen molar-refractivity contribution < 1.29 is 9.53 Å². The van der Waals surface area contributed by atoms with Gasteiger partial charge in [0.1, 0.15) is 11.6 Å². The molecule has 37 heavy (non-hydrogen) atoms. The van der Waals surface area contributed by atoms with Crippen LogP contribution in [0.15, 0.2) is 77.9 Å². The zero-order valence-electron chi connectivity index (χ0n) is 19.6. The predicted molar refractivity (Wildman–Crippen MR) is 158 cm³/mol. The number of anilines is 1. The highest BCUT2D eigenvalue weighted by Gasteiger charge is 2.15. The molecule has 0 spiro atoms. The fourth-order valence-corrected chi connectivity index (χ4v) is 5.37. The molecule has 1 aromatic heterocycles. The highest BCUT2D eigenvalue weighted by atomic mass is 79.9. The molecule has 0 saturated heterocycles. The fraction of sp³-hybridized carbons (Fsp3) is 0.154. The molecular formula is C26H20Br3ClN4O3. The summed E-state index contributed by atoms with van der Waals surface area (Å²) in [5.74, 6) is 0.676. The largest absolute Gasteiger partial charge is 0.481 e. The van der Waals surface area contributed by atoms with Crippen LogP contribution in [-0.2, 0) is 4.79 Å². The predicted octanol–water partition coefficient (Wildman–Crippen LogP) is 7.36. The first-order chi connectivity index (χ1) is 17.6. The fourth-order valence-electron chi connectivity index (χ4n) is 3.44. The third-order valence-electron chi connectivity index (χ3n) is 5.17. The van der Waals surface area contributed by atoms with Crippen LogP contribution in [0.1, 0.15) is 31.2 Å². The van der Waals surface area contributed by atoms with Crippen LogP contribution < -0.4 is 15.6 Å². The zero-order chi connectivity index (χ0) is 26.7. The van der Waals surface area contributed by atoms with Crippen molar-refractivity contribution in [2.45, 2.75) is 19.8 Å². The zero-order valence-corrected chi connectivity index (χ0v) is 25.2. The summed E-state index contributed by atoms with van der Waals surface area (Å²) < 4.78 is 9.06. The number of benzene rings is 3. The minimum atomic E-state index is -0.317. The Balaban J connectivity index is 1.55. The summed E-state index contributed by atoms with van der Waals surface area (Å²) in [6, 6.07) is 15.8. The van der Waals surface area contributed by atoms with Crippen LogP contribution in [0.5, 0.6) is 5.75 Å². The molecule has 7 nitrogen and oxygen atoms in total. The van der Waals surface area contributed by atoms with Gasteiger partial charge in [0.15, 0.2) is 6.61 Å². The Morgan fingerprint density at radius 1 is 1.11 bits per heavy atom. The first-order valence-corrected chi connectivity index (χ1v) is 13.8. The maximum absolute atomic E-state index is 13.2. The van der Waals surface area contributed by atoms with Gasteiger partial charge in [0.25, 0.3) is 11.5 Å². The van der Waals surface area contributed by atoms with Crippen molar-refractivity contribution in [1.29, 1.82) is 0 Å². The number of halogens is 4. The van der Waals surface area contributed by atoms with E-state index in [-0.39, 0.29) is 24.0 Å². The number of nitrogens with one attached hydrogen (secondary N) is 1. The van der Waals surface area contributed by atoms with Gasteiger partial charge in [0, 0.05) is 21.1 Å². The van der Waals surface area contributed by atoms with E-state index in [9.17, 15) is 9.59 Å². The van der Waals surface area contributed by atoms with Crippen LogP contribution in [0.3, 0.4) is 0 Å². The summed E-state index contributed by atoms with van der Waals surface area (Å²) in [5.41, 5.74) is 1.69. The molecule has 0 aliphatic heterocycles. The first kappa shape index (κ1) is 27.5. The standard InChI is InChI=1S/C26H20Br3ClN4O3/c1-14(2)25-33-22-8-3-16(27)11-19(22)26(36)34(25)31-12-15-9-20(28)24(21(29)10-15)37-13-23(35)32-18-6-4-17(30)5-7-18/h3-12,14H,13H2,1-2H3,(H,32,35). The second-order valence-electron chi connectivity index (χ2n) is 8.31. The van der Waals surface area contributed by atoms with Gasteiger partial charge >= 0.3 is 0 Å². The van der Waals surface area contributed by atoms with E-state index in [1.807, 2.05) is 26.0 Å². The van der Waals surface area contributed by atoms with Crippen LogP contribution in [0.2, 0.25) is 5.02 Å². The monoisotopic (exact) mass is 708 g/mol. The van der Waals surface area contributed by atoms with Gasteiger partial charge in [-0.15, -0.1) is 0 Å². The summed E-state index contributed by atoms with van der Waals surface area (Å²) in [5, 5.41) is 8.27. The van der Waals surface area contributed by atoms with Crippen molar-refractivity contribution in [2.24, 2.45) is 5.10 Å². The minimum absolute atomic E-state index is 0.0221. The molecule has 4 rings (SSSR count). The summed E-state index contributed by atoms with van der Waals surface area (Å²) in [7, 11) is 0. The number of aromatic nitrogens is 2. The maximum atomic E-state index is 13.2. The number of hydrogen-bond acceptors (Lipinski definition) is 5. The lowest BCUT2D eigenvalue weighted by atomic mass is 10.2. The van der Waals surface area contributed by atoms with E-state index in [0.29, 0.717) is 47.7 Å². The molecule has 0 fully saturated rings. The number of nitrogens with zero attached hydrogens (tertiary/aromatic N) is 3. The molecule has 0 bridgehead atoms. The Hall–Kier alpha value is -2.53. The number of amides is 1. The van der Waals surface area contributed by atoms with E-state index in [2.05, 4.69) is 63.2 Å². The lowest BCUT2D eigenvalue weighted by Crippen LogP contribution is -2.23. The quantitative estimate of drug-likeness (QED) is 0.203. The van der Waals surface area contributed by atoms with Crippen molar-refractivity contribution in [3.05, 3.63) is 94.8 Å². The number of carbonyl (C=O) groups excluding carboxylic acids is 1. The Morgan fingerprint density at radius 2 is 1.78 bits per heavy atom. The van der Waals surface area contributed by atoms with Crippen molar-refractivity contribution in [3.63, 3.8) is 0 Å². The van der Waals surface area contributed by atoms with Crippen molar-refractivity contribution in [3.8, 4) is 5.75 Å². The molecule has 1 N–H and O–H groups in total. The average molecular weight is 712 g/mol. The van der Waals surface area contributed by atoms with Gasteiger partial charge in [-0.25, -0.2) is 4.98 Å². The Bertz CT molecular complexity index is 1550. The summed E-state index contributed by atoms with van der Waals surface area (Å²) in [4.78, 5) is 30.2. The van der Waals surface area contributed by atoms with E-state index in [1.165, 1.54) is 4.68 Å². The number of carbonyl (C=O) groups is 1. The highest BCUT2D eigenvalue weighted by molar-refractivity contribution is 9.11. The molecule has 0 saturated carbocycles. The van der Waals surface area contributed by atoms with E-state index in [4.69, 9.17) is 16.3 Å². The lowest BCUT2D eigenvalue weighted by Gasteiger charge is -2.13. The van der Waals surface area contributed by atoms with Crippen molar-refractivity contribution >= 4 is 88.1 Å². The lowest BCUT2D eigenvalue weighted by molar-refractivity contribution is -0.118. The van der Waals surface area contributed by atoms with Crippen molar-refractivity contribution in [1.82, 2.24) is 9.66 Å². The Kier molecular flexibility index (Phi) is 8.84. The average Bonchev–Trinajstić information content (AvgIpc) is 2.84. The molecule has 0 unspecified atom stereocenters. The summed E-state index contributed by atoms with van der Waals surface area (Å²) in [6.45, 7) is 3.72. The molecule has 11 heteroatoms. The van der Waals surface area contributed by atoms with E-state index in [1.54, 1.807) is 48.7 Å². The molecule has 0 radical (unpaired) electrons. The summed E-state index contributed by atoms with van der Waals surface area (Å²) >= 11 is 16.3. The van der Waals surface area contributed by atoms with E-state index < -0.39 is 0 Å². The van der Waals surface area contributed by atoms with Crippen LogP contribution in [0.4, 0.5) is 5.69 Å². The molecular weight excluding hydrogens is 691 g/mol. The molecule has 190 valence electrons. The number of hydrogen-bond donors (Lipinski definition) is 1. The second-order valence-corrected chi connectivity index (χ2v) is 11.4. The van der Waals surface area contributed by atoms with Gasteiger partial charge in [0.05, 0.1) is 26.1 Å². The third-order valence-corrected chi connectivity index (χ3v) is 7.09. The third kappa shape index (κ3) is 6.67. The van der Waals surface area contributed by atoms with E-state index in [0.717, 1.165) is 4.47 Å². The number of rotatable bonds is 7. The molecule has 3 aromatic carbocycles. The van der Waals surface area contributed by atoms with E-state index >= 15 is 0 Å². The minimum Gasteiger partial charge on any atom is -0.481 e. The molecule has 4 aromatic rings. The van der Waals surface area contributed by atoms with Crippen LogP contribution in [0, 0.1) is 0 Å².